The van der Waals surface area contributed by atoms with Gasteiger partial charge in [0.25, 0.3) is 5.91 Å². The maximum Gasteiger partial charge on any atom is 0.405 e. The molecule has 13 heteroatoms. The van der Waals surface area contributed by atoms with Gasteiger partial charge in [-0.05, 0) is 36.0 Å². The van der Waals surface area contributed by atoms with Gasteiger partial charge in [-0.2, -0.15) is 5.26 Å². The van der Waals surface area contributed by atoms with E-state index in [1.54, 1.807) is 52.0 Å². The van der Waals surface area contributed by atoms with Crippen LogP contribution in [0.15, 0.2) is 24.3 Å². The van der Waals surface area contributed by atoms with Gasteiger partial charge < -0.3 is 32.1 Å². The van der Waals surface area contributed by atoms with Crippen LogP contribution in [0.25, 0.3) is 0 Å². The van der Waals surface area contributed by atoms with E-state index in [-0.39, 0.29) is 18.8 Å². The van der Waals surface area contributed by atoms with Gasteiger partial charge in [-0.15, -0.1) is 0 Å². The Morgan fingerprint density at radius 3 is 2.08 bits per heavy atom. The van der Waals surface area contributed by atoms with Crippen molar-refractivity contribution in [3.8, 4) is 6.07 Å². The van der Waals surface area contributed by atoms with Crippen molar-refractivity contribution in [1.82, 2.24) is 21.3 Å². The van der Waals surface area contributed by atoms with Gasteiger partial charge in [0.15, 0.2) is 0 Å². The van der Waals surface area contributed by atoms with E-state index in [4.69, 9.17) is 16.1 Å². The molecular weight excluding hydrogens is 508 g/mol. The summed E-state index contributed by atoms with van der Waals surface area (Å²) in [6, 6.07) is 4.81. The van der Waals surface area contributed by atoms with Gasteiger partial charge >= 0.3 is 6.09 Å². The number of amides is 5. The average Bonchev–Trinajstić information content (AvgIpc) is 2.88. The minimum atomic E-state index is -1.40. The third kappa shape index (κ3) is 11.2. The molecule has 0 aliphatic rings. The monoisotopic (exact) mass is 544 g/mol. The maximum absolute atomic E-state index is 12.9. The van der Waals surface area contributed by atoms with Crippen molar-refractivity contribution < 1.29 is 33.9 Å². The molecule has 1 aromatic rings. The van der Waals surface area contributed by atoms with Crippen molar-refractivity contribution in [2.45, 2.75) is 65.1 Å². The number of nitrogens with two attached hydrogens (primary N) is 1. The molecule has 212 valence electrons. The van der Waals surface area contributed by atoms with E-state index in [1.807, 2.05) is 6.07 Å². The van der Waals surface area contributed by atoms with Crippen LogP contribution in [0.4, 0.5) is 4.79 Å². The summed E-state index contributed by atoms with van der Waals surface area (Å²) in [6.45, 7) is 6.35. The molecule has 5 amide bonds. The molecule has 0 aliphatic heterocycles. The van der Waals surface area contributed by atoms with Crippen molar-refractivity contribution in [1.29, 1.82) is 5.26 Å². The molecule has 4 atom stereocenters. The molecular formula is C26H36N6O7. The van der Waals surface area contributed by atoms with Gasteiger partial charge in [0.1, 0.15) is 12.1 Å². The normalized spacial score (nSPS) is 13.6. The van der Waals surface area contributed by atoms with Crippen LogP contribution in [-0.2, 0) is 30.4 Å². The first kappa shape index (κ1) is 32.6. The molecule has 0 saturated heterocycles. The Kier molecular flexibility index (Phi) is 13.1. The summed E-state index contributed by atoms with van der Waals surface area (Å²) in [5, 5.41) is 27.1. The minimum Gasteiger partial charge on any atom is -0.465 e. The van der Waals surface area contributed by atoms with E-state index in [1.165, 1.54) is 0 Å². The number of hydrogen-bond donors (Lipinski definition) is 6. The summed E-state index contributed by atoms with van der Waals surface area (Å²) in [5.41, 5.74) is 6.44. The molecule has 0 fully saturated rings. The highest BCUT2D eigenvalue weighted by molar-refractivity contribution is 6.38. The number of benzene rings is 1. The second kappa shape index (κ2) is 15.7. The highest BCUT2D eigenvalue weighted by Crippen LogP contribution is 2.12. The first-order chi connectivity index (χ1) is 18.3. The van der Waals surface area contributed by atoms with Crippen molar-refractivity contribution in [2.75, 3.05) is 6.54 Å². The number of nitrogens with zero attached hydrogens (tertiary/aromatic N) is 1. The number of carboxylic acid groups (broad SMARTS) is 1. The largest absolute Gasteiger partial charge is 0.465 e. The molecule has 1 aromatic carbocycles. The number of rotatable bonds is 15. The first-order valence-corrected chi connectivity index (χ1v) is 12.5. The molecule has 0 bridgehead atoms. The molecule has 0 aliphatic carbocycles. The van der Waals surface area contributed by atoms with Crippen molar-refractivity contribution >= 4 is 35.5 Å². The molecule has 0 spiro atoms. The van der Waals surface area contributed by atoms with E-state index in [2.05, 4.69) is 21.3 Å². The van der Waals surface area contributed by atoms with Crippen LogP contribution in [0.3, 0.4) is 0 Å². The molecule has 39 heavy (non-hydrogen) atoms. The quantitative estimate of drug-likeness (QED) is 0.164. The van der Waals surface area contributed by atoms with E-state index >= 15 is 0 Å². The van der Waals surface area contributed by atoms with Gasteiger partial charge in [-0.1, -0.05) is 46.2 Å². The molecule has 0 heterocycles. The standard InChI is InChI=1S/C26H36N6O7/c1-5-15(4)21(32-24(36)19(10-14(2)3)31-26(38)39)22(34)25(37)29-13-20(33)30-18(23(28)35)11-16-6-8-17(12-27)9-7-16/h6-9,14-15,18-19,21,31H,5,10-11,13H2,1-4H3,(H2,28,35)(H,29,37)(H,30,33)(H,32,36)(H,38,39)/t15-,18-,19-,21?/m0/s1. The fourth-order valence-corrected chi connectivity index (χ4v) is 3.62. The topological polar surface area (TPSA) is 221 Å². The van der Waals surface area contributed by atoms with E-state index in [9.17, 15) is 28.8 Å². The molecule has 7 N–H and O–H groups in total. The predicted octanol–water partition coefficient (Wildman–Crippen LogP) is -0.0306. The van der Waals surface area contributed by atoms with Gasteiger partial charge in [0, 0.05) is 6.42 Å². The summed E-state index contributed by atoms with van der Waals surface area (Å²) < 4.78 is 0. The van der Waals surface area contributed by atoms with E-state index in [0.29, 0.717) is 17.5 Å². The maximum atomic E-state index is 12.9. The molecule has 13 nitrogen and oxygen atoms in total. The Balaban J connectivity index is 2.83. The lowest BCUT2D eigenvalue weighted by Gasteiger charge is -2.26. The summed E-state index contributed by atoms with van der Waals surface area (Å²) >= 11 is 0. The predicted molar refractivity (Wildman–Crippen MR) is 140 cm³/mol. The highest BCUT2D eigenvalue weighted by Gasteiger charge is 2.33. The van der Waals surface area contributed by atoms with Crippen molar-refractivity contribution in [2.24, 2.45) is 17.6 Å². The second-order valence-electron chi connectivity index (χ2n) is 9.59. The Hall–Kier alpha value is -4.47. The zero-order valence-corrected chi connectivity index (χ0v) is 22.4. The first-order valence-electron chi connectivity index (χ1n) is 12.5. The second-order valence-corrected chi connectivity index (χ2v) is 9.59. The lowest BCUT2D eigenvalue weighted by molar-refractivity contribution is -0.141. The molecule has 0 radical (unpaired) electrons. The SMILES string of the molecule is CC[C@H](C)C(NC(=O)[C@H](CC(C)C)NC(=O)O)C(=O)C(=O)NCC(=O)N[C@@H](Cc1ccc(C#N)cc1)C(N)=O. The van der Waals surface area contributed by atoms with Crippen molar-refractivity contribution in [3.05, 3.63) is 35.4 Å². The highest BCUT2D eigenvalue weighted by atomic mass is 16.4. The zero-order chi connectivity index (χ0) is 29.7. The van der Waals surface area contributed by atoms with Crippen LogP contribution in [0.1, 0.15) is 51.7 Å². The molecule has 1 unspecified atom stereocenters. The number of nitriles is 1. The molecule has 1 rings (SSSR count). The van der Waals surface area contributed by atoms with Crippen LogP contribution in [0.5, 0.6) is 0 Å². The molecule has 0 saturated carbocycles. The van der Waals surface area contributed by atoms with Gasteiger partial charge in [0.2, 0.25) is 23.5 Å². The van der Waals surface area contributed by atoms with Gasteiger partial charge in [-0.3, -0.25) is 24.0 Å². The fraction of sp³-hybridized carbons (Fsp3) is 0.500. The summed E-state index contributed by atoms with van der Waals surface area (Å²) in [4.78, 5) is 73.5. The van der Waals surface area contributed by atoms with Crippen LogP contribution in [0.2, 0.25) is 0 Å². The van der Waals surface area contributed by atoms with Crippen LogP contribution in [-0.4, -0.2) is 65.3 Å². The zero-order valence-electron chi connectivity index (χ0n) is 22.4. The third-order valence-corrected chi connectivity index (χ3v) is 5.95. The Morgan fingerprint density at radius 2 is 1.59 bits per heavy atom. The number of carbonyl (C=O) groups is 6. The number of hydrogen-bond acceptors (Lipinski definition) is 7. The number of carbonyl (C=O) groups excluding carboxylic acids is 5. The fourth-order valence-electron chi connectivity index (χ4n) is 3.62. The number of Topliss-reactive ketones (excluding diaryl/α,β-unsaturated/α-hetero) is 1. The van der Waals surface area contributed by atoms with Crippen LogP contribution < -0.4 is 27.0 Å². The number of primary amides is 1. The van der Waals surface area contributed by atoms with Gasteiger partial charge in [0.05, 0.1) is 24.2 Å². The lowest BCUT2D eigenvalue weighted by Crippen LogP contribution is -2.56. The number of ketones is 1. The molecule has 0 aromatic heterocycles. The Bertz CT molecular complexity index is 1100. The van der Waals surface area contributed by atoms with E-state index < -0.39 is 66.1 Å². The lowest BCUT2D eigenvalue weighted by atomic mass is 9.94. The average molecular weight is 545 g/mol. The van der Waals surface area contributed by atoms with Crippen molar-refractivity contribution in [3.63, 3.8) is 0 Å². The summed E-state index contributed by atoms with van der Waals surface area (Å²) in [7, 11) is 0. The van der Waals surface area contributed by atoms with E-state index in [0.717, 1.165) is 0 Å². The van der Waals surface area contributed by atoms with Gasteiger partial charge in [-0.25, -0.2) is 4.79 Å². The van der Waals surface area contributed by atoms with Crippen LogP contribution >= 0.6 is 0 Å². The minimum absolute atomic E-state index is 0.0340. The van der Waals surface area contributed by atoms with Crippen LogP contribution in [0, 0.1) is 23.2 Å². The Morgan fingerprint density at radius 1 is 0.974 bits per heavy atom. The smallest absolute Gasteiger partial charge is 0.405 e. The summed E-state index contributed by atoms with van der Waals surface area (Å²) in [6.07, 6.45) is -0.764. The number of nitrogens with one attached hydrogen (secondary N) is 4. The Labute approximate surface area is 226 Å². The summed E-state index contributed by atoms with van der Waals surface area (Å²) in [5.74, 6) is -4.99. The third-order valence-electron chi connectivity index (χ3n) is 5.95.